The highest BCUT2D eigenvalue weighted by Gasteiger charge is 2.02. The van der Waals surface area contributed by atoms with Gasteiger partial charge in [0.05, 0.1) is 0 Å². The van der Waals surface area contributed by atoms with E-state index in [-0.39, 0.29) is 0 Å². The van der Waals surface area contributed by atoms with Crippen molar-refractivity contribution in [2.24, 2.45) is 0 Å². The van der Waals surface area contributed by atoms with Gasteiger partial charge in [0.2, 0.25) is 0 Å². The van der Waals surface area contributed by atoms with Crippen LogP contribution in [0.25, 0.3) is 0 Å². The van der Waals surface area contributed by atoms with Crippen LogP contribution in [0.2, 0.25) is 0 Å². The smallest absolute Gasteiger partial charge is 0.00157 e. The molecule has 0 atom stereocenters. The van der Waals surface area contributed by atoms with Gasteiger partial charge in [-0.1, -0.05) is 37.6 Å². The zero-order valence-corrected chi connectivity index (χ0v) is 14.4. The molecule has 20 heavy (non-hydrogen) atoms. The highest BCUT2D eigenvalue weighted by molar-refractivity contribution is 5.30. The molecule has 1 aromatic carbocycles. The Labute approximate surface area is 126 Å². The fourth-order valence-corrected chi connectivity index (χ4v) is 2.31. The third-order valence-electron chi connectivity index (χ3n) is 3.41. The van der Waals surface area contributed by atoms with Crippen molar-refractivity contribution in [3.8, 4) is 0 Å². The first-order chi connectivity index (χ1) is 9.58. The first-order valence-corrected chi connectivity index (χ1v) is 7.95. The largest absolute Gasteiger partial charge is 0.323 e. The molecule has 0 spiro atoms. The molecule has 0 amide bonds. The first kappa shape index (κ1) is 19.1. The van der Waals surface area contributed by atoms with Crippen molar-refractivity contribution in [1.29, 1.82) is 0 Å². The minimum Gasteiger partial charge on any atom is -0.323 e. The Morgan fingerprint density at radius 2 is 1.70 bits per heavy atom. The van der Waals surface area contributed by atoms with Crippen LogP contribution in [0.3, 0.4) is 0 Å². The summed E-state index contributed by atoms with van der Waals surface area (Å²) in [6, 6.07) is 6.79. The molecular weight excluding hydrogens is 244 g/mol. The number of benzene rings is 1. The summed E-state index contributed by atoms with van der Waals surface area (Å²) in [6.45, 7) is 12.6. The lowest BCUT2D eigenvalue weighted by molar-refractivity contribution is 0.285. The van der Waals surface area contributed by atoms with Gasteiger partial charge in [-0.05, 0) is 78.0 Å². The van der Waals surface area contributed by atoms with Crippen LogP contribution in [0.4, 0.5) is 0 Å². The van der Waals surface area contributed by atoms with E-state index in [2.05, 4.69) is 56.1 Å². The summed E-state index contributed by atoms with van der Waals surface area (Å²) < 4.78 is 0. The molecule has 2 heteroatoms. The van der Waals surface area contributed by atoms with E-state index in [1.54, 1.807) is 0 Å². The Balaban J connectivity index is 0.00000110. The molecule has 0 fully saturated rings. The summed E-state index contributed by atoms with van der Waals surface area (Å²) >= 11 is 0. The summed E-state index contributed by atoms with van der Waals surface area (Å²) in [5.41, 5.74) is 4.35. The molecule has 0 saturated carbocycles. The highest BCUT2D eigenvalue weighted by Crippen LogP contribution is 2.13. The lowest BCUT2D eigenvalue weighted by Crippen LogP contribution is -2.25. The van der Waals surface area contributed by atoms with Gasteiger partial charge in [-0.2, -0.15) is 0 Å². The number of rotatable bonds is 7. The van der Waals surface area contributed by atoms with E-state index in [4.69, 9.17) is 0 Å². The zero-order valence-electron chi connectivity index (χ0n) is 14.4. The Kier molecular flexibility index (Phi) is 11.4. The molecule has 0 radical (unpaired) electrons. The van der Waals surface area contributed by atoms with Gasteiger partial charge in [-0.15, -0.1) is 0 Å². The van der Waals surface area contributed by atoms with Crippen LogP contribution in [0, 0.1) is 13.8 Å². The molecule has 0 heterocycles. The van der Waals surface area contributed by atoms with Crippen molar-refractivity contribution in [3.05, 3.63) is 34.9 Å². The number of nitrogens with one attached hydrogen (secondary N) is 1. The molecule has 0 unspecified atom stereocenters. The van der Waals surface area contributed by atoms with Crippen LogP contribution in [-0.2, 0) is 6.42 Å². The third-order valence-corrected chi connectivity index (χ3v) is 3.41. The summed E-state index contributed by atoms with van der Waals surface area (Å²) in [4.78, 5) is 2.55. The Hall–Kier alpha value is -0.860. The molecule has 0 saturated heterocycles. The normalized spacial score (nSPS) is 10.3. The van der Waals surface area contributed by atoms with Crippen LogP contribution >= 0.6 is 0 Å². The predicted octanol–water partition coefficient (Wildman–Crippen LogP) is 3.80. The van der Waals surface area contributed by atoms with Gasteiger partial charge in [-0.3, -0.25) is 0 Å². The summed E-state index contributed by atoms with van der Waals surface area (Å²) in [5.74, 6) is 0. The van der Waals surface area contributed by atoms with Crippen molar-refractivity contribution >= 4 is 0 Å². The molecule has 2 nitrogen and oxygen atoms in total. The molecule has 0 aliphatic carbocycles. The molecule has 1 aromatic rings. The van der Waals surface area contributed by atoms with Crippen LogP contribution in [0.15, 0.2) is 18.2 Å². The van der Waals surface area contributed by atoms with Crippen molar-refractivity contribution in [2.45, 2.75) is 47.0 Å². The second kappa shape index (κ2) is 11.9. The first-order valence-electron chi connectivity index (χ1n) is 7.95. The minimum atomic E-state index is 1.18. The Bertz CT molecular complexity index is 347. The average molecular weight is 278 g/mol. The molecular formula is C18H34N2. The molecule has 1 rings (SSSR count). The summed E-state index contributed by atoms with van der Waals surface area (Å²) in [7, 11) is 3.75. The molecule has 0 aromatic heterocycles. The van der Waals surface area contributed by atoms with Gasteiger partial charge in [0.25, 0.3) is 0 Å². The van der Waals surface area contributed by atoms with Crippen LogP contribution < -0.4 is 5.32 Å². The van der Waals surface area contributed by atoms with E-state index in [9.17, 15) is 0 Å². The quantitative estimate of drug-likeness (QED) is 0.816. The monoisotopic (exact) mass is 278 g/mol. The van der Waals surface area contributed by atoms with Crippen molar-refractivity contribution in [2.75, 3.05) is 33.7 Å². The number of hydrogen-bond donors (Lipinski definition) is 1. The van der Waals surface area contributed by atoms with Crippen LogP contribution in [0.1, 0.15) is 43.4 Å². The highest BCUT2D eigenvalue weighted by atomic mass is 15.1. The molecule has 0 bridgehead atoms. The van der Waals surface area contributed by atoms with E-state index in [1.807, 2.05) is 14.1 Å². The van der Waals surface area contributed by atoms with E-state index in [0.29, 0.717) is 0 Å². The summed E-state index contributed by atoms with van der Waals surface area (Å²) in [5, 5.41) is 2.75. The lowest BCUT2D eigenvalue weighted by atomic mass is 10.0. The molecule has 116 valence electrons. The fraction of sp³-hybridized carbons (Fsp3) is 0.667. The van der Waals surface area contributed by atoms with E-state index in [0.717, 1.165) is 0 Å². The van der Waals surface area contributed by atoms with Gasteiger partial charge >= 0.3 is 0 Å². The minimum absolute atomic E-state index is 1.18. The second-order valence-corrected chi connectivity index (χ2v) is 5.47. The van der Waals surface area contributed by atoms with Crippen molar-refractivity contribution in [3.63, 3.8) is 0 Å². The maximum Gasteiger partial charge on any atom is -0.00157 e. The Morgan fingerprint density at radius 3 is 2.25 bits per heavy atom. The lowest BCUT2D eigenvalue weighted by Gasteiger charge is -2.19. The molecule has 0 aliphatic rings. The van der Waals surface area contributed by atoms with Gasteiger partial charge in [-0.25, -0.2) is 0 Å². The van der Waals surface area contributed by atoms with E-state index in [1.165, 1.54) is 55.6 Å². The predicted molar refractivity (Wildman–Crippen MR) is 91.6 cm³/mol. The van der Waals surface area contributed by atoms with E-state index < -0.39 is 0 Å². The number of aryl methyl sites for hydroxylation is 3. The standard InChI is InChI=1S/C16H27N.C2H7N/c1-5-11-17(6-2)12-7-8-16-13-14(3)9-10-15(16)4;1-3-2/h9-10,13H,5-8,11-12H2,1-4H3;3H,1-2H3. The Morgan fingerprint density at radius 1 is 1.05 bits per heavy atom. The van der Waals surface area contributed by atoms with Crippen molar-refractivity contribution in [1.82, 2.24) is 10.2 Å². The maximum atomic E-state index is 2.75. The zero-order chi connectivity index (χ0) is 15.4. The van der Waals surface area contributed by atoms with E-state index >= 15 is 0 Å². The molecule has 0 aliphatic heterocycles. The fourth-order valence-electron chi connectivity index (χ4n) is 2.31. The molecule has 1 N–H and O–H groups in total. The van der Waals surface area contributed by atoms with Crippen LogP contribution in [-0.4, -0.2) is 38.6 Å². The average Bonchev–Trinajstić information content (AvgIpc) is 2.42. The SMILES string of the molecule is CCCN(CC)CCCc1cc(C)ccc1C.CNC. The second-order valence-electron chi connectivity index (χ2n) is 5.47. The maximum absolute atomic E-state index is 2.75. The van der Waals surface area contributed by atoms with Crippen molar-refractivity contribution < 1.29 is 0 Å². The topological polar surface area (TPSA) is 15.3 Å². The van der Waals surface area contributed by atoms with Gasteiger partial charge in [0, 0.05) is 0 Å². The third kappa shape index (κ3) is 8.34. The van der Waals surface area contributed by atoms with Gasteiger partial charge in [0.15, 0.2) is 0 Å². The van der Waals surface area contributed by atoms with Gasteiger partial charge < -0.3 is 10.2 Å². The van der Waals surface area contributed by atoms with Crippen LogP contribution in [0.5, 0.6) is 0 Å². The van der Waals surface area contributed by atoms with Gasteiger partial charge in [0.1, 0.15) is 0 Å². The number of hydrogen-bond acceptors (Lipinski definition) is 2. The number of nitrogens with zero attached hydrogens (tertiary/aromatic N) is 1. The summed E-state index contributed by atoms with van der Waals surface area (Å²) in [6.07, 6.45) is 3.75.